The Balaban J connectivity index is 2.64. The molecule has 0 N–H and O–H groups in total. The van der Waals surface area contributed by atoms with Crippen molar-refractivity contribution >= 4 is 11.9 Å². The molecular formula is C15H26O5. The quantitative estimate of drug-likeness (QED) is 0.390. The van der Waals surface area contributed by atoms with Crippen molar-refractivity contribution in [2.45, 2.75) is 52.4 Å². The van der Waals surface area contributed by atoms with E-state index in [-0.39, 0.29) is 0 Å². The number of unbranched alkanes of at least 4 members (excludes halogenated alkanes) is 2. The Labute approximate surface area is 121 Å². The van der Waals surface area contributed by atoms with Gasteiger partial charge in [0.25, 0.3) is 0 Å². The van der Waals surface area contributed by atoms with Crippen LogP contribution in [0.4, 0.5) is 0 Å². The highest BCUT2D eigenvalue weighted by Gasteiger charge is 2.49. The molecular weight excluding hydrogens is 260 g/mol. The van der Waals surface area contributed by atoms with Gasteiger partial charge in [-0.15, -0.1) is 0 Å². The summed E-state index contributed by atoms with van der Waals surface area (Å²) in [6.45, 7) is 5.56. The van der Waals surface area contributed by atoms with Gasteiger partial charge in [-0.2, -0.15) is 0 Å². The van der Waals surface area contributed by atoms with Crippen LogP contribution in [-0.4, -0.2) is 38.4 Å². The lowest BCUT2D eigenvalue weighted by Gasteiger charge is -2.32. The van der Waals surface area contributed by atoms with E-state index in [9.17, 15) is 9.59 Å². The summed E-state index contributed by atoms with van der Waals surface area (Å²) in [6, 6.07) is 0. The first kappa shape index (κ1) is 17.0. The van der Waals surface area contributed by atoms with Crippen LogP contribution >= 0.6 is 0 Å². The predicted octanol–water partition coefficient (Wildman–Crippen LogP) is 2.47. The van der Waals surface area contributed by atoms with Crippen molar-refractivity contribution in [3.8, 4) is 0 Å². The number of rotatable bonds is 8. The standard InChI is InChI=1S/C15H26O5/c1-3-5-9-19-13(16)15(7-11-18-12-8-15)14(17)20-10-6-4-2/h3-12H2,1-2H3. The highest BCUT2D eigenvalue weighted by Crippen LogP contribution is 2.33. The Kier molecular flexibility index (Phi) is 7.59. The number of carbonyl (C=O) groups excluding carboxylic acids is 2. The highest BCUT2D eigenvalue weighted by atomic mass is 16.6. The largest absolute Gasteiger partial charge is 0.465 e. The zero-order chi connectivity index (χ0) is 14.8. The minimum atomic E-state index is -1.15. The monoisotopic (exact) mass is 286 g/mol. The van der Waals surface area contributed by atoms with E-state index in [0.717, 1.165) is 25.7 Å². The molecule has 0 saturated carbocycles. The molecule has 0 radical (unpaired) electrons. The van der Waals surface area contributed by atoms with Crippen molar-refractivity contribution in [1.82, 2.24) is 0 Å². The molecule has 116 valence electrons. The van der Waals surface area contributed by atoms with Crippen molar-refractivity contribution in [3.05, 3.63) is 0 Å². The topological polar surface area (TPSA) is 61.8 Å². The molecule has 0 aliphatic carbocycles. The van der Waals surface area contributed by atoms with Gasteiger partial charge in [0, 0.05) is 13.2 Å². The maximum Gasteiger partial charge on any atom is 0.323 e. The second-order valence-corrected chi connectivity index (χ2v) is 5.17. The van der Waals surface area contributed by atoms with Crippen LogP contribution in [0.3, 0.4) is 0 Å². The lowest BCUT2D eigenvalue weighted by Crippen LogP contribution is -2.46. The van der Waals surface area contributed by atoms with E-state index in [0.29, 0.717) is 39.3 Å². The SMILES string of the molecule is CCCCOC(=O)C1(C(=O)OCCCC)CCOCC1. The normalized spacial score (nSPS) is 17.5. The summed E-state index contributed by atoms with van der Waals surface area (Å²) in [7, 11) is 0. The molecule has 0 aromatic heterocycles. The third-order valence-electron chi connectivity index (χ3n) is 3.59. The zero-order valence-corrected chi connectivity index (χ0v) is 12.6. The molecule has 1 aliphatic heterocycles. The molecule has 1 fully saturated rings. The van der Waals surface area contributed by atoms with Crippen LogP contribution in [0.5, 0.6) is 0 Å². The molecule has 0 unspecified atom stereocenters. The average Bonchev–Trinajstić information content (AvgIpc) is 2.48. The molecule has 20 heavy (non-hydrogen) atoms. The van der Waals surface area contributed by atoms with E-state index >= 15 is 0 Å². The Morgan fingerprint density at radius 2 is 1.40 bits per heavy atom. The second-order valence-electron chi connectivity index (χ2n) is 5.17. The molecule has 0 bridgehead atoms. The van der Waals surface area contributed by atoms with Crippen LogP contribution in [-0.2, 0) is 23.8 Å². The molecule has 0 aromatic rings. The summed E-state index contributed by atoms with van der Waals surface area (Å²) in [5.74, 6) is -0.897. The van der Waals surface area contributed by atoms with Crippen LogP contribution in [0.25, 0.3) is 0 Å². The first-order chi connectivity index (χ1) is 9.67. The van der Waals surface area contributed by atoms with Gasteiger partial charge in [0.05, 0.1) is 13.2 Å². The summed E-state index contributed by atoms with van der Waals surface area (Å²) < 4.78 is 15.8. The number of carbonyl (C=O) groups is 2. The smallest absolute Gasteiger partial charge is 0.323 e. The Morgan fingerprint density at radius 3 is 1.80 bits per heavy atom. The van der Waals surface area contributed by atoms with Crippen molar-refractivity contribution in [2.24, 2.45) is 5.41 Å². The first-order valence-corrected chi connectivity index (χ1v) is 7.59. The Hall–Kier alpha value is -1.10. The summed E-state index contributed by atoms with van der Waals surface area (Å²) in [6.07, 6.45) is 4.22. The summed E-state index contributed by atoms with van der Waals surface area (Å²) in [5.41, 5.74) is -1.15. The van der Waals surface area contributed by atoms with E-state index in [1.54, 1.807) is 0 Å². The van der Waals surface area contributed by atoms with Crippen molar-refractivity contribution in [2.75, 3.05) is 26.4 Å². The van der Waals surface area contributed by atoms with E-state index < -0.39 is 17.4 Å². The molecule has 1 saturated heterocycles. The zero-order valence-electron chi connectivity index (χ0n) is 12.6. The highest BCUT2D eigenvalue weighted by molar-refractivity contribution is 6.00. The number of hydrogen-bond donors (Lipinski definition) is 0. The van der Waals surface area contributed by atoms with Gasteiger partial charge in [-0.1, -0.05) is 26.7 Å². The third-order valence-corrected chi connectivity index (χ3v) is 3.59. The fourth-order valence-corrected chi connectivity index (χ4v) is 2.11. The maximum absolute atomic E-state index is 12.3. The minimum absolute atomic E-state index is 0.350. The summed E-state index contributed by atoms with van der Waals surface area (Å²) in [5, 5.41) is 0. The van der Waals surface area contributed by atoms with E-state index in [1.165, 1.54) is 0 Å². The van der Waals surface area contributed by atoms with Crippen LogP contribution in [0.1, 0.15) is 52.4 Å². The molecule has 5 nitrogen and oxygen atoms in total. The molecule has 1 rings (SSSR count). The second kappa shape index (κ2) is 8.95. The van der Waals surface area contributed by atoms with Crippen LogP contribution < -0.4 is 0 Å². The fraction of sp³-hybridized carbons (Fsp3) is 0.867. The van der Waals surface area contributed by atoms with E-state index in [1.807, 2.05) is 13.8 Å². The maximum atomic E-state index is 12.3. The van der Waals surface area contributed by atoms with Gasteiger partial charge in [-0.05, 0) is 25.7 Å². The fourth-order valence-electron chi connectivity index (χ4n) is 2.11. The van der Waals surface area contributed by atoms with Gasteiger partial charge in [-0.25, -0.2) is 0 Å². The molecule has 0 aromatic carbocycles. The van der Waals surface area contributed by atoms with Gasteiger partial charge in [-0.3, -0.25) is 9.59 Å². The van der Waals surface area contributed by atoms with Crippen LogP contribution in [0, 0.1) is 5.41 Å². The van der Waals surface area contributed by atoms with Crippen LogP contribution in [0.15, 0.2) is 0 Å². The molecule has 0 amide bonds. The van der Waals surface area contributed by atoms with Crippen molar-refractivity contribution in [3.63, 3.8) is 0 Å². The molecule has 5 heteroatoms. The Morgan fingerprint density at radius 1 is 0.950 bits per heavy atom. The number of ether oxygens (including phenoxy) is 3. The number of hydrogen-bond acceptors (Lipinski definition) is 5. The van der Waals surface area contributed by atoms with Gasteiger partial charge in [0.1, 0.15) is 0 Å². The molecule has 0 spiro atoms. The van der Waals surface area contributed by atoms with Gasteiger partial charge >= 0.3 is 11.9 Å². The summed E-state index contributed by atoms with van der Waals surface area (Å²) >= 11 is 0. The molecule has 1 aliphatic rings. The third kappa shape index (κ3) is 4.47. The van der Waals surface area contributed by atoms with Gasteiger partial charge in [0.2, 0.25) is 0 Å². The predicted molar refractivity (Wildman–Crippen MR) is 74.2 cm³/mol. The minimum Gasteiger partial charge on any atom is -0.465 e. The van der Waals surface area contributed by atoms with Crippen molar-refractivity contribution < 1.29 is 23.8 Å². The van der Waals surface area contributed by atoms with Gasteiger partial charge in [0.15, 0.2) is 5.41 Å². The molecule has 1 heterocycles. The Bertz CT molecular complexity index is 283. The van der Waals surface area contributed by atoms with Crippen LogP contribution in [0.2, 0.25) is 0 Å². The van der Waals surface area contributed by atoms with E-state index in [2.05, 4.69) is 0 Å². The average molecular weight is 286 g/mol. The van der Waals surface area contributed by atoms with Crippen molar-refractivity contribution in [1.29, 1.82) is 0 Å². The lowest BCUT2D eigenvalue weighted by molar-refractivity contribution is -0.179. The van der Waals surface area contributed by atoms with Gasteiger partial charge < -0.3 is 14.2 Å². The summed E-state index contributed by atoms with van der Waals surface area (Å²) in [4.78, 5) is 24.6. The van der Waals surface area contributed by atoms with E-state index in [4.69, 9.17) is 14.2 Å². The first-order valence-electron chi connectivity index (χ1n) is 7.59. The number of esters is 2. The molecule has 0 atom stereocenters. The lowest BCUT2D eigenvalue weighted by atomic mass is 9.80.